The van der Waals surface area contributed by atoms with Crippen molar-refractivity contribution in [2.75, 3.05) is 11.1 Å². The van der Waals surface area contributed by atoms with Crippen molar-refractivity contribution in [1.82, 2.24) is 20.1 Å². The molecule has 0 bridgehead atoms. The maximum atomic E-state index is 12.4. The summed E-state index contributed by atoms with van der Waals surface area (Å²) in [6, 6.07) is 14.1. The van der Waals surface area contributed by atoms with Crippen LogP contribution in [0.25, 0.3) is 0 Å². The first kappa shape index (κ1) is 22.8. The number of hydrogen-bond donors (Lipinski definition) is 2. The number of aryl methyl sites for hydroxylation is 1. The molecule has 0 radical (unpaired) electrons. The number of thioether (sulfide) groups is 1. The Morgan fingerprint density at radius 3 is 2.55 bits per heavy atom. The highest BCUT2D eigenvalue weighted by Gasteiger charge is 2.19. The number of carbonyl (C=O) groups is 2. The van der Waals surface area contributed by atoms with Crippen LogP contribution in [0.15, 0.2) is 53.7 Å². The molecule has 0 aliphatic rings. The Balaban J connectivity index is 1.58. The third-order valence-corrected chi connectivity index (χ3v) is 5.99. The topological polar surface area (TPSA) is 88.9 Å². The Morgan fingerprint density at radius 1 is 1.13 bits per heavy atom. The van der Waals surface area contributed by atoms with Gasteiger partial charge in [-0.2, -0.15) is 0 Å². The number of halogens is 1. The summed E-state index contributed by atoms with van der Waals surface area (Å²) in [5, 5.41) is 15.4. The summed E-state index contributed by atoms with van der Waals surface area (Å²) in [5.74, 6) is 0.464. The molecule has 3 aromatic rings. The van der Waals surface area contributed by atoms with Gasteiger partial charge in [-0.05, 0) is 49.2 Å². The maximum absolute atomic E-state index is 12.4. The van der Waals surface area contributed by atoms with Gasteiger partial charge in [-0.1, -0.05) is 48.5 Å². The predicted octanol–water partition coefficient (Wildman–Crippen LogP) is 4.25. The monoisotopic (exact) mass is 457 g/mol. The molecule has 0 aliphatic carbocycles. The van der Waals surface area contributed by atoms with Crippen LogP contribution < -0.4 is 10.6 Å². The Kier molecular flexibility index (Phi) is 7.70. The fourth-order valence-electron chi connectivity index (χ4n) is 3.04. The molecule has 0 aliphatic heterocycles. The largest absolute Gasteiger partial charge is 0.342 e. The second-order valence-corrected chi connectivity index (χ2v) is 8.33. The maximum Gasteiger partial charge on any atom is 0.251 e. The summed E-state index contributed by atoms with van der Waals surface area (Å²) in [7, 11) is 1.81. The van der Waals surface area contributed by atoms with E-state index in [1.165, 1.54) is 11.8 Å². The average molecular weight is 458 g/mol. The summed E-state index contributed by atoms with van der Waals surface area (Å²) < 4.78 is 1.78. The van der Waals surface area contributed by atoms with E-state index in [4.69, 9.17) is 11.6 Å². The number of rotatable bonds is 8. The second-order valence-electron chi connectivity index (χ2n) is 6.95. The van der Waals surface area contributed by atoms with E-state index in [0.29, 0.717) is 21.6 Å². The Hall–Kier alpha value is -2.84. The molecule has 7 nitrogen and oxygen atoms in total. The van der Waals surface area contributed by atoms with Gasteiger partial charge in [0.05, 0.1) is 11.8 Å². The van der Waals surface area contributed by atoms with Gasteiger partial charge >= 0.3 is 0 Å². The van der Waals surface area contributed by atoms with Gasteiger partial charge in [0.2, 0.25) is 5.91 Å². The van der Waals surface area contributed by atoms with Crippen molar-refractivity contribution in [3.63, 3.8) is 0 Å². The summed E-state index contributed by atoms with van der Waals surface area (Å²) in [5.41, 5.74) is 2.43. The number of nitrogens with zero attached hydrogens (tertiary/aromatic N) is 3. The summed E-state index contributed by atoms with van der Waals surface area (Å²) >= 11 is 7.16. The number of anilines is 1. The van der Waals surface area contributed by atoms with Crippen LogP contribution in [0, 0.1) is 0 Å². The van der Waals surface area contributed by atoms with Crippen molar-refractivity contribution in [2.45, 2.75) is 31.5 Å². The molecule has 9 heteroatoms. The molecule has 0 spiro atoms. The number of benzene rings is 2. The van der Waals surface area contributed by atoms with Gasteiger partial charge in [0.15, 0.2) is 11.0 Å². The first-order valence-corrected chi connectivity index (χ1v) is 11.2. The lowest BCUT2D eigenvalue weighted by Crippen LogP contribution is -2.28. The van der Waals surface area contributed by atoms with Crippen LogP contribution in [0.3, 0.4) is 0 Å². The minimum absolute atomic E-state index is 0.112. The zero-order chi connectivity index (χ0) is 22.4. The van der Waals surface area contributed by atoms with Gasteiger partial charge in [0.1, 0.15) is 0 Å². The molecule has 0 saturated heterocycles. The van der Waals surface area contributed by atoms with Crippen LogP contribution in [0.5, 0.6) is 0 Å². The zero-order valence-electron chi connectivity index (χ0n) is 17.6. The normalized spacial score (nSPS) is 11.7. The molecule has 31 heavy (non-hydrogen) atoms. The molecule has 1 atom stereocenters. The highest BCUT2D eigenvalue weighted by Crippen LogP contribution is 2.21. The molecule has 2 amide bonds. The number of hydrogen-bond acceptors (Lipinski definition) is 5. The average Bonchev–Trinajstić information content (AvgIpc) is 3.13. The van der Waals surface area contributed by atoms with E-state index in [1.54, 1.807) is 28.8 Å². The van der Waals surface area contributed by atoms with E-state index in [1.807, 2.05) is 45.2 Å². The first-order chi connectivity index (χ1) is 14.9. The van der Waals surface area contributed by atoms with Gasteiger partial charge in [0, 0.05) is 23.3 Å². The molecular weight excluding hydrogens is 434 g/mol. The van der Waals surface area contributed by atoms with Crippen LogP contribution in [0.2, 0.25) is 5.02 Å². The smallest absolute Gasteiger partial charge is 0.251 e. The number of nitrogens with one attached hydrogen (secondary N) is 2. The van der Waals surface area contributed by atoms with E-state index >= 15 is 0 Å². The molecule has 0 unspecified atom stereocenters. The van der Waals surface area contributed by atoms with Gasteiger partial charge in [-0.15, -0.1) is 10.2 Å². The Morgan fingerprint density at radius 2 is 1.84 bits per heavy atom. The van der Waals surface area contributed by atoms with E-state index in [0.717, 1.165) is 17.7 Å². The number of amides is 2. The van der Waals surface area contributed by atoms with Crippen LogP contribution >= 0.6 is 23.4 Å². The van der Waals surface area contributed by atoms with Crippen molar-refractivity contribution in [3.05, 3.63) is 70.5 Å². The zero-order valence-corrected chi connectivity index (χ0v) is 19.1. The van der Waals surface area contributed by atoms with Crippen LogP contribution in [0.1, 0.15) is 41.6 Å². The van der Waals surface area contributed by atoms with E-state index in [-0.39, 0.29) is 23.6 Å². The third kappa shape index (κ3) is 5.86. The number of aromatic nitrogens is 3. The summed E-state index contributed by atoms with van der Waals surface area (Å²) in [6.45, 7) is 3.88. The van der Waals surface area contributed by atoms with E-state index in [9.17, 15) is 9.59 Å². The van der Waals surface area contributed by atoms with Gasteiger partial charge in [-0.3, -0.25) is 9.59 Å². The van der Waals surface area contributed by atoms with Crippen LogP contribution in [0.4, 0.5) is 5.69 Å². The lowest BCUT2D eigenvalue weighted by molar-refractivity contribution is -0.113. The fraction of sp³-hybridized carbons (Fsp3) is 0.273. The van der Waals surface area contributed by atoms with Crippen molar-refractivity contribution < 1.29 is 9.59 Å². The Labute approximate surface area is 190 Å². The minimum Gasteiger partial charge on any atom is -0.342 e. The van der Waals surface area contributed by atoms with Gasteiger partial charge in [0.25, 0.3) is 5.91 Å². The highest BCUT2D eigenvalue weighted by molar-refractivity contribution is 7.99. The molecule has 162 valence electrons. The molecule has 1 heterocycles. The molecule has 0 fully saturated rings. The molecule has 2 aromatic carbocycles. The standard InChI is InChI=1S/C22H24ClN5O2S/c1-4-15-7-5-6-8-18(15)25-19(29)13-31-22-27-26-20(28(22)3)14(2)24-21(30)16-9-11-17(23)12-10-16/h5-12,14H,4,13H2,1-3H3,(H,24,30)(H,25,29)/t14-/m1/s1. The number of carbonyl (C=O) groups excluding carboxylic acids is 2. The molecule has 3 rings (SSSR count). The molecule has 1 aromatic heterocycles. The second kappa shape index (κ2) is 10.5. The van der Waals surface area contributed by atoms with Crippen molar-refractivity contribution in [2.24, 2.45) is 7.05 Å². The van der Waals surface area contributed by atoms with Gasteiger partial charge < -0.3 is 15.2 Å². The first-order valence-electron chi connectivity index (χ1n) is 9.85. The molecule has 2 N–H and O–H groups in total. The molecular formula is C22H24ClN5O2S. The van der Waals surface area contributed by atoms with Crippen molar-refractivity contribution in [1.29, 1.82) is 0 Å². The summed E-state index contributed by atoms with van der Waals surface area (Å²) in [6.07, 6.45) is 0.843. The minimum atomic E-state index is -0.361. The Bertz CT molecular complexity index is 1070. The SMILES string of the molecule is CCc1ccccc1NC(=O)CSc1nnc([C@@H](C)NC(=O)c2ccc(Cl)cc2)n1C. The van der Waals surface area contributed by atoms with E-state index < -0.39 is 0 Å². The van der Waals surface area contributed by atoms with Crippen molar-refractivity contribution in [3.8, 4) is 0 Å². The highest BCUT2D eigenvalue weighted by atomic mass is 35.5. The lowest BCUT2D eigenvalue weighted by atomic mass is 10.1. The van der Waals surface area contributed by atoms with Crippen LogP contribution in [-0.2, 0) is 18.3 Å². The van der Waals surface area contributed by atoms with E-state index in [2.05, 4.69) is 20.8 Å². The predicted molar refractivity (Wildman–Crippen MR) is 124 cm³/mol. The fourth-order valence-corrected chi connectivity index (χ4v) is 3.89. The third-order valence-electron chi connectivity index (χ3n) is 4.71. The molecule has 0 saturated carbocycles. The quantitative estimate of drug-likeness (QED) is 0.493. The van der Waals surface area contributed by atoms with Gasteiger partial charge in [-0.25, -0.2) is 0 Å². The number of para-hydroxylation sites is 1. The van der Waals surface area contributed by atoms with Crippen LogP contribution in [-0.4, -0.2) is 32.3 Å². The lowest BCUT2D eigenvalue weighted by Gasteiger charge is -2.14. The van der Waals surface area contributed by atoms with Crippen molar-refractivity contribution >= 4 is 40.9 Å². The summed E-state index contributed by atoms with van der Waals surface area (Å²) in [4.78, 5) is 24.8.